The lowest BCUT2D eigenvalue weighted by atomic mass is 9.99. The third-order valence-electron chi connectivity index (χ3n) is 12.4. The lowest BCUT2D eigenvalue weighted by Crippen LogP contribution is -2.60. The van der Waals surface area contributed by atoms with Gasteiger partial charge < -0.3 is 34.3 Å². The van der Waals surface area contributed by atoms with E-state index < -0.39 is 59.8 Å². The Morgan fingerprint density at radius 1 is 0.578 bits per heavy atom. The second kappa shape index (κ2) is 43.1. The molecule has 1 fully saturated rings. The molecule has 0 aromatic heterocycles. The van der Waals surface area contributed by atoms with Gasteiger partial charge in [0.2, 0.25) is 0 Å². The van der Waals surface area contributed by atoms with Crippen molar-refractivity contribution in [2.24, 2.45) is 0 Å². The number of ether oxygens (including phenoxy) is 4. The van der Waals surface area contributed by atoms with Gasteiger partial charge in [-0.2, -0.15) is 8.42 Å². The Morgan fingerprint density at radius 2 is 0.984 bits per heavy atom. The maximum absolute atomic E-state index is 12.9. The fourth-order valence-corrected chi connectivity index (χ4v) is 8.88. The summed E-state index contributed by atoms with van der Waals surface area (Å²) >= 11 is 0. The summed E-state index contributed by atoms with van der Waals surface area (Å²) in [4.78, 5) is 12.9. The van der Waals surface area contributed by atoms with E-state index in [0.29, 0.717) is 13.0 Å². The predicted octanol–water partition coefficient (Wildman–Crippen LogP) is 12.2. The average Bonchev–Trinajstić information content (AvgIpc) is 3.27. The SMILES string of the molecule is CCCCCCCCCC/C=C\CCCCCCCCCCCCCC(=O)OC(COCCCCCCCCCCCCCCCC)COC1OC(CO)C(O)C(OS(=O)(=O)O)C1O. The fourth-order valence-electron chi connectivity index (χ4n) is 8.38. The molecule has 6 atom stereocenters. The van der Waals surface area contributed by atoms with Crippen LogP contribution in [-0.2, 0) is 38.3 Å². The number of carbonyl (C=O) groups excluding carboxylic acids is 1. The van der Waals surface area contributed by atoms with Crippen LogP contribution < -0.4 is 0 Å². The quantitative estimate of drug-likeness (QED) is 0.0197. The Balaban J connectivity index is 2.31. The standard InChI is InChI=1S/C51H98O12S/c1-3-5-7-9-11-13-15-17-19-20-21-22-23-24-25-26-27-28-30-32-34-36-38-40-47(53)61-45(43-59-41-39-37-35-33-31-29-18-16-14-12-10-8-6-4-2)44-60-51-49(55)50(63-64(56,57)58)48(54)46(42-52)62-51/h20-21,45-46,48-52,54-55H,3-19,22-44H2,1-2H3,(H,56,57,58)/b21-20-. The summed E-state index contributed by atoms with van der Waals surface area (Å²) in [6, 6.07) is 0. The molecule has 1 rings (SSSR count). The zero-order valence-electron chi connectivity index (χ0n) is 40.9. The van der Waals surface area contributed by atoms with Crippen molar-refractivity contribution in [1.82, 2.24) is 0 Å². The van der Waals surface area contributed by atoms with Crippen molar-refractivity contribution in [2.75, 3.05) is 26.4 Å². The highest BCUT2D eigenvalue weighted by Gasteiger charge is 2.48. The molecule has 13 heteroatoms. The minimum absolute atomic E-state index is 0.0421. The number of rotatable bonds is 47. The number of carbonyl (C=O) groups is 1. The summed E-state index contributed by atoms with van der Waals surface area (Å²) in [7, 11) is -5.06. The van der Waals surface area contributed by atoms with Gasteiger partial charge in [0, 0.05) is 13.0 Å². The first-order valence-corrected chi connectivity index (χ1v) is 27.8. The number of hydrogen-bond donors (Lipinski definition) is 4. The Morgan fingerprint density at radius 3 is 1.41 bits per heavy atom. The van der Waals surface area contributed by atoms with Crippen LogP contribution in [0.5, 0.6) is 0 Å². The first-order chi connectivity index (χ1) is 31.1. The summed E-state index contributed by atoms with van der Waals surface area (Å²) in [6.45, 7) is 4.04. The highest BCUT2D eigenvalue weighted by atomic mass is 32.3. The van der Waals surface area contributed by atoms with E-state index in [4.69, 9.17) is 18.9 Å². The summed E-state index contributed by atoms with van der Waals surface area (Å²) < 4.78 is 59.2. The summed E-state index contributed by atoms with van der Waals surface area (Å²) in [5.74, 6) is -0.394. The minimum atomic E-state index is -5.06. The lowest BCUT2D eigenvalue weighted by molar-refractivity contribution is -0.301. The van der Waals surface area contributed by atoms with Crippen molar-refractivity contribution in [3.8, 4) is 0 Å². The van der Waals surface area contributed by atoms with Crippen molar-refractivity contribution in [1.29, 1.82) is 0 Å². The van der Waals surface area contributed by atoms with Gasteiger partial charge in [-0.1, -0.05) is 212 Å². The fraction of sp³-hybridized carbons (Fsp3) is 0.941. The Hall–Kier alpha value is -1.16. The van der Waals surface area contributed by atoms with Crippen LogP contribution in [0.4, 0.5) is 0 Å². The maximum atomic E-state index is 12.9. The van der Waals surface area contributed by atoms with Crippen LogP contribution in [0.2, 0.25) is 0 Å². The van der Waals surface area contributed by atoms with Crippen molar-refractivity contribution < 1.29 is 56.2 Å². The van der Waals surface area contributed by atoms with Gasteiger partial charge in [-0.05, 0) is 38.5 Å². The number of esters is 1. The Bertz CT molecular complexity index is 1170. The zero-order chi connectivity index (χ0) is 46.8. The molecule has 12 nitrogen and oxygen atoms in total. The maximum Gasteiger partial charge on any atom is 0.397 e. The number of unbranched alkanes of at least 4 members (excludes halogenated alkanes) is 32. The van der Waals surface area contributed by atoms with E-state index in [1.807, 2.05) is 0 Å². The van der Waals surface area contributed by atoms with E-state index >= 15 is 0 Å². The third kappa shape index (κ3) is 36.0. The number of aliphatic hydroxyl groups excluding tert-OH is 3. The van der Waals surface area contributed by atoms with E-state index in [0.717, 1.165) is 38.5 Å². The summed E-state index contributed by atoms with van der Waals surface area (Å²) in [6.07, 6.45) is 39.6. The highest BCUT2D eigenvalue weighted by Crippen LogP contribution is 2.26. The topological polar surface area (TPSA) is 178 Å². The van der Waals surface area contributed by atoms with Gasteiger partial charge in [-0.25, -0.2) is 4.18 Å². The van der Waals surface area contributed by atoms with E-state index in [-0.39, 0.29) is 19.6 Å². The van der Waals surface area contributed by atoms with Crippen LogP contribution in [0.3, 0.4) is 0 Å². The first kappa shape index (κ1) is 60.9. The Labute approximate surface area is 391 Å². The van der Waals surface area contributed by atoms with Gasteiger partial charge in [-0.3, -0.25) is 9.35 Å². The average molecular weight is 935 g/mol. The smallest absolute Gasteiger partial charge is 0.397 e. The molecule has 0 spiro atoms. The van der Waals surface area contributed by atoms with Crippen LogP contribution in [0, 0.1) is 0 Å². The zero-order valence-corrected chi connectivity index (χ0v) is 41.7. The molecule has 4 N–H and O–H groups in total. The van der Waals surface area contributed by atoms with Gasteiger partial charge in [0.1, 0.15) is 30.5 Å². The van der Waals surface area contributed by atoms with Gasteiger partial charge >= 0.3 is 16.4 Å². The van der Waals surface area contributed by atoms with Crippen LogP contribution in [0.1, 0.15) is 245 Å². The molecule has 0 bridgehead atoms. The van der Waals surface area contributed by atoms with Crippen molar-refractivity contribution in [3.05, 3.63) is 12.2 Å². The molecule has 0 radical (unpaired) electrons. The Kier molecular flexibility index (Phi) is 41.0. The molecule has 1 aliphatic heterocycles. The molecular weight excluding hydrogens is 837 g/mol. The van der Waals surface area contributed by atoms with Crippen LogP contribution >= 0.6 is 0 Å². The van der Waals surface area contributed by atoms with E-state index in [1.165, 1.54) is 180 Å². The first-order valence-electron chi connectivity index (χ1n) is 26.4. The largest absolute Gasteiger partial charge is 0.457 e. The lowest BCUT2D eigenvalue weighted by Gasteiger charge is -2.41. The van der Waals surface area contributed by atoms with Crippen molar-refractivity contribution in [3.63, 3.8) is 0 Å². The molecule has 0 saturated carbocycles. The van der Waals surface area contributed by atoms with Gasteiger partial charge in [0.25, 0.3) is 0 Å². The van der Waals surface area contributed by atoms with E-state index in [9.17, 15) is 33.1 Å². The van der Waals surface area contributed by atoms with Gasteiger partial charge in [-0.15, -0.1) is 0 Å². The molecule has 0 aliphatic carbocycles. The number of hydrogen-bond acceptors (Lipinski definition) is 11. The molecule has 0 amide bonds. The van der Waals surface area contributed by atoms with Crippen molar-refractivity contribution >= 4 is 16.4 Å². The molecular formula is C51H98O12S. The monoisotopic (exact) mass is 935 g/mol. The normalized spacial score (nSPS) is 19.8. The van der Waals surface area contributed by atoms with Crippen LogP contribution in [0.25, 0.3) is 0 Å². The number of allylic oxidation sites excluding steroid dienone is 2. The second-order valence-corrected chi connectivity index (χ2v) is 19.5. The van der Waals surface area contributed by atoms with E-state index in [2.05, 4.69) is 30.2 Å². The molecule has 1 aliphatic rings. The summed E-state index contributed by atoms with van der Waals surface area (Å²) in [5, 5.41) is 30.7. The molecule has 6 unspecified atom stereocenters. The van der Waals surface area contributed by atoms with Crippen molar-refractivity contribution in [2.45, 2.75) is 282 Å². The van der Waals surface area contributed by atoms with Gasteiger partial charge in [0.05, 0.1) is 19.8 Å². The molecule has 0 aromatic carbocycles. The van der Waals surface area contributed by atoms with Crippen LogP contribution in [-0.4, -0.2) is 97.5 Å². The minimum Gasteiger partial charge on any atom is -0.457 e. The second-order valence-electron chi connectivity index (χ2n) is 18.5. The van der Waals surface area contributed by atoms with Gasteiger partial charge in [0.15, 0.2) is 6.29 Å². The van der Waals surface area contributed by atoms with E-state index in [1.54, 1.807) is 0 Å². The molecule has 64 heavy (non-hydrogen) atoms. The number of aliphatic hydroxyl groups is 3. The highest BCUT2D eigenvalue weighted by molar-refractivity contribution is 7.80. The van der Waals surface area contributed by atoms with Crippen LogP contribution in [0.15, 0.2) is 12.2 Å². The molecule has 0 aromatic rings. The third-order valence-corrected chi connectivity index (χ3v) is 12.9. The predicted molar refractivity (Wildman–Crippen MR) is 258 cm³/mol. The summed E-state index contributed by atoms with van der Waals surface area (Å²) in [5.41, 5.74) is 0. The molecule has 380 valence electrons. The molecule has 1 heterocycles. The molecule has 1 saturated heterocycles.